The van der Waals surface area contributed by atoms with Gasteiger partial charge in [0.25, 0.3) is 0 Å². The summed E-state index contributed by atoms with van der Waals surface area (Å²) >= 11 is 0. The van der Waals surface area contributed by atoms with Crippen LogP contribution in [0.25, 0.3) is 106 Å². The molecule has 0 unspecified atom stereocenters. The van der Waals surface area contributed by atoms with Gasteiger partial charge in [-0.3, -0.25) is 0 Å². The first kappa shape index (κ1) is 36.0. The fraction of sp³-hybridized carbons (Fsp3) is 0. The maximum Gasteiger partial charge on any atom is 0.101 e. The molecule has 0 bridgehead atoms. The predicted molar refractivity (Wildman–Crippen MR) is 254 cm³/mol. The molecule has 3 heterocycles. The summed E-state index contributed by atoms with van der Waals surface area (Å²) in [7, 11) is 0. The summed E-state index contributed by atoms with van der Waals surface area (Å²) in [5, 5.41) is 7.74. The first-order chi connectivity index (χ1) is 30.2. The molecule has 61 heavy (non-hydrogen) atoms. The highest BCUT2D eigenvalue weighted by Gasteiger charge is 2.22. The Kier molecular flexibility index (Phi) is 9.18. The molecule has 11 aromatic rings. The van der Waals surface area contributed by atoms with Crippen molar-refractivity contribution < 1.29 is 0 Å². The van der Waals surface area contributed by atoms with Crippen molar-refractivity contribution in [3.05, 3.63) is 237 Å². The Bertz CT molecular complexity index is 3220. The Balaban J connectivity index is 1.16. The van der Waals surface area contributed by atoms with Gasteiger partial charge in [0.05, 0.1) is 22.6 Å². The van der Waals surface area contributed by atoms with Gasteiger partial charge in [-0.2, -0.15) is 5.10 Å². The van der Waals surface area contributed by atoms with Gasteiger partial charge in [-0.15, -0.1) is 0 Å². The van der Waals surface area contributed by atoms with Gasteiger partial charge in [-0.25, -0.2) is 9.50 Å². The summed E-state index contributed by atoms with van der Waals surface area (Å²) in [6.45, 7) is 0. The third kappa shape index (κ3) is 6.88. The number of benzene rings is 8. The molecule has 8 aromatic carbocycles. The summed E-state index contributed by atoms with van der Waals surface area (Å²) in [5.41, 5.74) is 18.3. The van der Waals surface area contributed by atoms with Crippen LogP contribution in [0.1, 0.15) is 0 Å². The molecule has 0 atom stereocenters. The topological polar surface area (TPSA) is 30.2 Å². The van der Waals surface area contributed by atoms with E-state index in [0.717, 1.165) is 94.7 Å². The number of nitrogens with zero attached hydrogens (tertiary/aromatic N) is 3. The number of hydrogen-bond donors (Lipinski definition) is 0. The van der Waals surface area contributed by atoms with Crippen molar-refractivity contribution in [2.75, 3.05) is 0 Å². The number of pyridine rings is 2. The van der Waals surface area contributed by atoms with E-state index in [4.69, 9.17) is 10.1 Å². The standard InChI is InChI=1S/C58H39N3/c1-6-18-40(19-7-1)45-28-16-30-49(34-45)53-37-51(38-54(59-53)50-31-17-29-46(35-50)41-20-8-2-9-21-41)47-32-33-48-39-55(42-22-10-3-11-23-42)61-58(52(48)36-47)56(43-24-12-4-13-25-43)57(60-61)44-26-14-5-15-27-44/h1-39H. The second-order valence-corrected chi connectivity index (χ2v) is 15.4. The van der Waals surface area contributed by atoms with Crippen LogP contribution >= 0.6 is 0 Å². The zero-order chi connectivity index (χ0) is 40.5. The van der Waals surface area contributed by atoms with Gasteiger partial charge in [-0.05, 0) is 80.7 Å². The van der Waals surface area contributed by atoms with Gasteiger partial charge in [0.2, 0.25) is 0 Å². The van der Waals surface area contributed by atoms with Crippen LogP contribution in [0.3, 0.4) is 0 Å². The quantitative estimate of drug-likeness (QED) is 0.154. The lowest BCUT2D eigenvalue weighted by Gasteiger charge is -2.14. The number of aromatic nitrogens is 3. The van der Waals surface area contributed by atoms with E-state index in [2.05, 4.69) is 241 Å². The van der Waals surface area contributed by atoms with Gasteiger partial charge in [-0.1, -0.05) is 200 Å². The van der Waals surface area contributed by atoms with Gasteiger partial charge >= 0.3 is 0 Å². The monoisotopic (exact) mass is 777 g/mol. The largest absolute Gasteiger partial charge is 0.248 e. The molecule has 0 saturated heterocycles. The SMILES string of the molecule is c1ccc(-c2cccc(-c3cc(-c4ccc5cc(-c6ccccc6)n6nc(-c7ccccc7)c(-c7ccccc7)c6c5c4)cc(-c4cccc(-c5ccccc5)c4)n3)c2)cc1. The van der Waals surface area contributed by atoms with Crippen LogP contribution < -0.4 is 0 Å². The number of rotatable bonds is 8. The minimum Gasteiger partial charge on any atom is -0.248 e. The van der Waals surface area contributed by atoms with Gasteiger partial charge < -0.3 is 0 Å². The van der Waals surface area contributed by atoms with Crippen LogP contribution in [0.2, 0.25) is 0 Å². The van der Waals surface area contributed by atoms with Crippen LogP contribution in [0.4, 0.5) is 0 Å². The fourth-order valence-corrected chi connectivity index (χ4v) is 8.58. The predicted octanol–water partition coefficient (Wildman–Crippen LogP) is 15.2. The Labute approximate surface area is 355 Å². The van der Waals surface area contributed by atoms with E-state index in [1.54, 1.807) is 0 Å². The summed E-state index contributed by atoms with van der Waals surface area (Å²) < 4.78 is 2.17. The molecule has 0 aliphatic heterocycles. The highest BCUT2D eigenvalue weighted by atomic mass is 15.2. The zero-order valence-electron chi connectivity index (χ0n) is 33.4. The molecule has 0 amide bonds. The normalized spacial score (nSPS) is 11.3. The molecular weight excluding hydrogens is 739 g/mol. The summed E-state index contributed by atoms with van der Waals surface area (Å²) in [6, 6.07) is 84.1. The van der Waals surface area contributed by atoms with Crippen molar-refractivity contribution in [1.82, 2.24) is 14.6 Å². The summed E-state index contributed by atoms with van der Waals surface area (Å²) in [5.74, 6) is 0. The molecular formula is C58H39N3. The molecule has 0 radical (unpaired) electrons. The van der Waals surface area contributed by atoms with Crippen molar-refractivity contribution in [2.24, 2.45) is 0 Å². The summed E-state index contributed by atoms with van der Waals surface area (Å²) in [6.07, 6.45) is 0. The minimum atomic E-state index is 0.917. The molecule has 3 nitrogen and oxygen atoms in total. The van der Waals surface area contributed by atoms with Crippen LogP contribution in [-0.2, 0) is 0 Å². The van der Waals surface area contributed by atoms with Crippen LogP contribution in [-0.4, -0.2) is 14.6 Å². The van der Waals surface area contributed by atoms with E-state index in [0.29, 0.717) is 0 Å². The van der Waals surface area contributed by atoms with Crippen molar-refractivity contribution in [2.45, 2.75) is 0 Å². The van der Waals surface area contributed by atoms with E-state index in [1.165, 1.54) is 11.1 Å². The molecule has 0 spiro atoms. The van der Waals surface area contributed by atoms with Crippen molar-refractivity contribution in [3.63, 3.8) is 0 Å². The van der Waals surface area contributed by atoms with Gasteiger partial charge in [0, 0.05) is 33.2 Å². The van der Waals surface area contributed by atoms with E-state index < -0.39 is 0 Å². The Morgan fingerprint density at radius 3 is 1.28 bits per heavy atom. The highest BCUT2D eigenvalue weighted by molar-refractivity contribution is 6.09. The maximum atomic E-state index is 5.47. The highest BCUT2D eigenvalue weighted by Crippen LogP contribution is 2.42. The Morgan fingerprint density at radius 2 is 0.738 bits per heavy atom. The molecule has 3 heteroatoms. The summed E-state index contributed by atoms with van der Waals surface area (Å²) in [4.78, 5) is 5.40. The third-order valence-electron chi connectivity index (χ3n) is 11.6. The average molecular weight is 778 g/mol. The molecule has 0 fully saturated rings. The lowest BCUT2D eigenvalue weighted by atomic mass is 9.93. The van der Waals surface area contributed by atoms with E-state index in [1.807, 2.05) is 0 Å². The van der Waals surface area contributed by atoms with E-state index in [9.17, 15) is 0 Å². The van der Waals surface area contributed by atoms with Crippen molar-refractivity contribution in [1.29, 1.82) is 0 Å². The minimum absolute atomic E-state index is 0.917. The molecule has 0 N–H and O–H groups in total. The fourth-order valence-electron chi connectivity index (χ4n) is 8.58. The Hall–Kier alpha value is -8.14. The lowest BCUT2D eigenvalue weighted by Crippen LogP contribution is -1.96. The van der Waals surface area contributed by atoms with Crippen molar-refractivity contribution in [3.8, 4) is 89.5 Å². The number of fused-ring (bicyclic) bond motifs is 3. The second kappa shape index (κ2) is 15.6. The molecule has 0 aliphatic carbocycles. The molecule has 11 rings (SSSR count). The van der Waals surface area contributed by atoms with Gasteiger partial charge in [0.15, 0.2) is 0 Å². The van der Waals surface area contributed by atoms with Gasteiger partial charge in [0.1, 0.15) is 5.69 Å². The third-order valence-corrected chi connectivity index (χ3v) is 11.6. The number of hydrogen-bond acceptors (Lipinski definition) is 2. The zero-order valence-corrected chi connectivity index (χ0v) is 33.4. The molecule has 286 valence electrons. The van der Waals surface area contributed by atoms with Crippen LogP contribution in [0.15, 0.2) is 237 Å². The second-order valence-electron chi connectivity index (χ2n) is 15.4. The first-order valence-electron chi connectivity index (χ1n) is 20.7. The molecule has 0 aliphatic rings. The average Bonchev–Trinajstić information content (AvgIpc) is 3.76. The van der Waals surface area contributed by atoms with E-state index in [-0.39, 0.29) is 0 Å². The van der Waals surface area contributed by atoms with E-state index >= 15 is 0 Å². The Morgan fingerprint density at radius 1 is 0.295 bits per heavy atom. The van der Waals surface area contributed by atoms with Crippen LogP contribution in [0, 0.1) is 0 Å². The lowest BCUT2D eigenvalue weighted by molar-refractivity contribution is 0.979. The molecule has 0 saturated carbocycles. The molecule has 3 aromatic heterocycles. The van der Waals surface area contributed by atoms with Crippen LogP contribution in [0.5, 0.6) is 0 Å². The first-order valence-corrected chi connectivity index (χ1v) is 20.7. The smallest absolute Gasteiger partial charge is 0.101 e. The maximum absolute atomic E-state index is 5.47. The van der Waals surface area contributed by atoms with Crippen molar-refractivity contribution >= 4 is 16.3 Å².